The molecule has 5 nitrogen and oxygen atoms in total. The molecule has 1 aliphatic heterocycles. The third kappa shape index (κ3) is 2.62. The Balaban J connectivity index is 2.19. The van der Waals surface area contributed by atoms with Crippen LogP contribution in [0.4, 0.5) is 5.69 Å². The van der Waals surface area contributed by atoms with E-state index < -0.39 is 28.2 Å². The molecular formula is C16H12BrClN2O3. The minimum absolute atomic E-state index is 0.442. The van der Waals surface area contributed by atoms with Gasteiger partial charge in [-0.2, -0.15) is 0 Å². The number of carbonyl (C=O) groups excluding carboxylic acids is 1. The topological polar surface area (TPSA) is 72.2 Å². The van der Waals surface area contributed by atoms with E-state index in [0.29, 0.717) is 21.3 Å². The molecule has 3 rings (SSSR count). The first-order chi connectivity index (χ1) is 10.9. The molecule has 1 N–H and O–H groups in total. The van der Waals surface area contributed by atoms with Crippen LogP contribution in [0, 0.1) is 10.1 Å². The molecule has 0 bridgehead atoms. The molecule has 0 unspecified atom stereocenters. The molecule has 2 aromatic rings. The molecule has 1 aliphatic rings. The number of carbonyl (C=O) groups is 1. The van der Waals surface area contributed by atoms with Crippen LogP contribution in [0.1, 0.15) is 17.0 Å². The molecular weight excluding hydrogens is 384 g/mol. The predicted molar refractivity (Wildman–Crippen MR) is 91.3 cm³/mol. The number of fused-ring (bicyclic) bond motifs is 1. The zero-order valence-electron chi connectivity index (χ0n) is 11.8. The van der Waals surface area contributed by atoms with E-state index in [-0.39, 0.29) is 0 Å². The molecule has 0 aromatic heterocycles. The van der Waals surface area contributed by atoms with Gasteiger partial charge in [0.15, 0.2) is 4.87 Å². The minimum atomic E-state index is -1.52. The van der Waals surface area contributed by atoms with Gasteiger partial charge in [-0.3, -0.25) is 14.9 Å². The number of nitrogens with zero attached hydrogens (tertiary/aromatic N) is 1. The van der Waals surface area contributed by atoms with Crippen LogP contribution in [0.2, 0.25) is 0 Å². The van der Waals surface area contributed by atoms with Gasteiger partial charge in [0.05, 0.1) is 5.92 Å². The lowest BCUT2D eigenvalue weighted by atomic mass is 9.81. The monoisotopic (exact) mass is 394 g/mol. The van der Waals surface area contributed by atoms with E-state index in [1.807, 2.05) is 0 Å². The molecule has 7 heteroatoms. The fraction of sp³-hybridized carbons (Fsp3) is 0.188. The standard InChI is InChI=1S/C16H12BrClN2O3/c17-13-7-3-1-5-10(13)12(9-20(22)23)16(18)11-6-2-4-8-14(11)19-15(16)21/h1-8,12H,9H2,(H,19,21)/t12-,16+/m1/s1. The van der Waals surface area contributed by atoms with Gasteiger partial charge in [-0.15, -0.1) is 11.6 Å². The number of hydrogen-bond acceptors (Lipinski definition) is 3. The lowest BCUT2D eigenvalue weighted by molar-refractivity contribution is -0.484. The number of benzene rings is 2. The average Bonchev–Trinajstić information content (AvgIpc) is 2.78. The minimum Gasteiger partial charge on any atom is -0.324 e. The third-order valence-electron chi connectivity index (χ3n) is 3.99. The SMILES string of the molecule is O=C1Nc2ccccc2[C@]1(Cl)[C@H](C[N+](=O)[O-])c1ccccc1Br. The quantitative estimate of drug-likeness (QED) is 0.485. The van der Waals surface area contributed by atoms with Crippen LogP contribution in [-0.4, -0.2) is 17.4 Å². The van der Waals surface area contributed by atoms with Crippen LogP contribution in [0.5, 0.6) is 0 Å². The van der Waals surface area contributed by atoms with Gasteiger partial charge in [-0.25, -0.2) is 0 Å². The summed E-state index contributed by atoms with van der Waals surface area (Å²) in [7, 11) is 0. The molecule has 0 aliphatic carbocycles. The summed E-state index contributed by atoms with van der Waals surface area (Å²) in [6.45, 7) is -0.451. The van der Waals surface area contributed by atoms with Crippen molar-refractivity contribution in [3.63, 3.8) is 0 Å². The van der Waals surface area contributed by atoms with Crippen molar-refractivity contribution in [2.45, 2.75) is 10.8 Å². The second-order valence-electron chi connectivity index (χ2n) is 5.30. The van der Waals surface area contributed by atoms with Crippen molar-refractivity contribution in [1.29, 1.82) is 0 Å². The van der Waals surface area contributed by atoms with E-state index in [9.17, 15) is 14.9 Å². The molecule has 1 heterocycles. The molecule has 23 heavy (non-hydrogen) atoms. The lowest BCUT2D eigenvalue weighted by Gasteiger charge is -2.28. The van der Waals surface area contributed by atoms with Crippen LogP contribution in [0.15, 0.2) is 53.0 Å². The van der Waals surface area contributed by atoms with Crippen LogP contribution in [0.25, 0.3) is 0 Å². The highest BCUT2D eigenvalue weighted by atomic mass is 79.9. The Bertz CT molecular complexity index is 798. The van der Waals surface area contributed by atoms with Gasteiger partial charge in [0.1, 0.15) is 0 Å². The van der Waals surface area contributed by atoms with E-state index in [1.54, 1.807) is 48.5 Å². The zero-order chi connectivity index (χ0) is 16.6. The van der Waals surface area contributed by atoms with Crippen LogP contribution in [-0.2, 0) is 9.67 Å². The summed E-state index contributed by atoms with van der Waals surface area (Å²) < 4.78 is 0.684. The van der Waals surface area contributed by atoms with Crippen molar-refractivity contribution in [2.24, 2.45) is 0 Å². The van der Waals surface area contributed by atoms with Gasteiger partial charge >= 0.3 is 0 Å². The van der Waals surface area contributed by atoms with Gasteiger partial charge < -0.3 is 5.32 Å². The summed E-state index contributed by atoms with van der Waals surface area (Å²) in [6, 6.07) is 14.1. The number of amides is 1. The van der Waals surface area contributed by atoms with Crippen molar-refractivity contribution in [3.8, 4) is 0 Å². The number of nitro groups is 1. The van der Waals surface area contributed by atoms with E-state index in [4.69, 9.17) is 11.6 Å². The van der Waals surface area contributed by atoms with E-state index in [1.165, 1.54) is 0 Å². The molecule has 2 atom stereocenters. The van der Waals surface area contributed by atoms with E-state index >= 15 is 0 Å². The van der Waals surface area contributed by atoms with Gasteiger partial charge in [0.2, 0.25) is 6.54 Å². The number of anilines is 1. The summed E-state index contributed by atoms with van der Waals surface area (Å²) in [4.78, 5) is 21.8. The Morgan fingerprint density at radius 1 is 1.22 bits per heavy atom. The average molecular weight is 396 g/mol. The first kappa shape index (κ1) is 16.0. The number of halogens is 2. The second-order valence-corrected chi connectivity index (χ2v) is 6.75. The van der Waals surface area contributed by atoms with Crippen LogP contribution in [0.3, 0.4) is 0 Å². The Labute approximate surface area is 145 Å². The highest BCUT2D eigenvalue weighted by molar-refractivity contribution is 9.10. The summed E-state index contributed by atoms with van der Waals surface area (Å²) >= 11 is 10.1. The Morgan fingerprint density at radius 3 is 2.57 bits per heavy atom. The first-order valence-corrected chi connectivity index (χ1v) is 8.07. The molecule has 0 saturated carbocycles. The van der Waals surface area contributed by atoms with Gasteiger partial charge in [-0.05, 0) is 17.7 Å². The third-order valence-corrected chi connectivity index (χ3v) is 5.35. The fourth-order valence-electron chi connectivity index (χ4n) is 2.94. The van der Waals surface area contributed by atoms with Crippen molar-refractivity contribution in [3.05, 3.63) is 74.2 Å². The first-order valence-electron chi connectivity index (χ1n) is 6.90. The van der Waals surface area contributed by atoms with Crippen molar-refractivity contribution >= 4 is 39.1 Å². The second kappa shape index (κ2) is 5.94. The van der Waals surface area contributed by atoms with Crippen molar-refractivity contribution in [1.82, 2.24) is 0 Å². The number of para-hydroxylation sites is 1. The van der Waals surface area contributed by atoms with Crippen LogP contribution >= 0.6 is 27.5 Å². The highest BCUT2D eigenvalue weighted by Gasteiger charge is 2.54. The normalized spacial score (nSPS) is 20.7. The zero-order valence-corrected chi connectivity index (χ0v) is 14.2. The van der Waals surface area contributed by atoms with Crippen molar-refractivity contribution in [2.75, 3.05) is 11.9 Å². The molecule has 118 valence electrons. The van der Waals surface area contributed by atoms with Gasteiger partial charge in [-0.1, -0.05) is 52.3 Å². The largest absolute Gasteiger partial charge is 0.324 e. The molecule has 0 saturated heterocycles. The summed E-state index contributed by atoms with van der Waals surface area (Å²) in [5, 5.41) is 13.9. The molecule has 1 amide bonds. The van der Waals surface area contributed by atoms with Crippen LogP contribution < -0.4 is 5.32 Å². The highest BCUT2D eigenvalue weighted by Crippen LogP contribution is 2.51. The van der Waals surface area contributed by atoms with Crippen molar-refractivity contribution < 1.29 is 9.72 Å². The maximum Gasteiger partial charge on any atom is 0.251 e. The van der Waals surface area contributed by atoms with Gasteiger partial charge in [0, 0.05) is 20.6 Å². The molecule has 0 fully saturated rings. The summed E-state index contributed by atoms with van der Waals surface area (Å²) in [5.41, 5.74) is 1.79. The Morgan fingerprint density at radius 2 is 1.87 bits per heavy atom. The molecule has 2 aromatic carbocycles. The number of rotatable bonds is 4. The summed E-state index contributed by atoms with van der Waals surface area (Å²) in [5.74, 6) is -1.25. The maximum atomic E-state index is 12.6. The maximum absolute atomic E-state index is 12.6. The Kier molecular flexibility index (Phi) is 4.12. The van der Waals surface area contributed by atoms with E-state index in [0.717, 1.165) is 0 Å². The number of nitrogens with one attached hydrogen (secondary N) is 1. The van der Waals surface area contributed by atoms with Gasteiger partial charge in [0.25, 0.3) is 5.91 Å². The summed E-state index contributed by atoms with van der Waals surface area (Å²) in [6.07, 6.45) is 0. The fourth-order valence-corrected chi connectivity index (χ4v) is 3.90. The Hall–Kier alpha value is -1.92. The predicted octanol–water partition coefficient (Wildman–Crippen LogP) is 3.90. The number of hydrogen-bond donors (Lipinski definition) is 1. The van der Waals surface area contributed by atoms with E-state index in [2.05, 4.69) is 21.2 Å². The molecule has 0 spiro atoms. The molecule has 0 radical (unpaired) electrons. The lowest BCUT2D eigenvalue weighted by Crippen LogP contribution is -2.38. The number of alkyl halides is 1. The smallest absolute Gasteiger partial charge is 0.251 e.